The third-order valence-corrected chi connectivity index (χ3v) is 7.01. The lowest BCUT2D eigenvalue weighted by Gasteiger charge is -2.41. The molecule has 1 unspecified atom stereocenters. The summed E-state index contributed by atoms with van der Waals surface area (Å²) in [5, 5.41) is 10.1. The van der Waals surface area contributed by atoms with Crippen LogP contribution in [0.5, 0.6) is 5.75 Å². The molecule has 1 aromatic heterocycles. The van der Waals surface area contributed by atoms with Gasteiger partial charge in [-0.1, -0.05) is 44.2 Å². The summed E-state index contributed by atoms with van der Waals surface area (Å²) in [7, 11) is 1.56. The lowest BCUT2D eigenvalue weighted by Crippen LogP contribution is -2.56. The first kappa shape index (κ1) is 23.0. The van der Waals surface area contributed by atoms with Gasteiger partial charge in [0, 0.05) is 36.7 Å². The first-order valence-electron chi connectivity index (χ1n) is 12.0. The molecular weight excluding hydrogens is 444 g/mol. The van der Waals surface area contributed by atoms with Gasteiger partial charge in [-0.05, 0) is 41.3 Å². The van der Waals surface area contributed by atoms with Crippen molar-refractivity contribution in [3.63, 3.8) is 0 Å². The fraction of sp³-hybridized carbons (Fsp3) is 0.333. The number of hydrogen-bond acceptors (Lipinski definition) is 5. The van der Waals surface area contributed by atoms with Gasteiger partial charge in [-0.15, -0.1) is 0 Å². The predicted molar refractivity (Wildman–Crippen MR) is 133 cm³/mol. The summed E-state index contributed by atoms with van der Waals surface area (Å²) in [6.45, 7) is 8.00. The molecule has 0 aliphatic carbocycles. The number of likely N-dealkylation sites (N-methyl/N-ethyl adjacent to an activating group) is 1. The standard InChI is InChI=1S/C27H30N4O4/c1-4-5-12-35-20-10-11-23-21(13-20)25-22-15-30(27(33)29(3)26(22)32)16-24(25)31(23)14-18-6-8-19(9-7-18)17(2)28-34/h6-11,13,22,28,34H,2,4-5,12,14-16H2,1,3H3. The van der Waals surface area contributed by atoms with Crippen molar-refractivity contribution >= 4 is 28.5 Å². The first-order valence-corrected chi connectivity index (χ1v) is 12.0. The van der Waals surface area contributed by atoms with Gasteiger partial charge in [-0.25, -0.2) is 4.79 Å². The van der Waals surface area contributed by atoms with Crippen molar-refractivity contribution in [1.82, 2.24) is 19.8 Å². The monoisotopic (exact) mass is 474 g/mol. The zero-order valence-electron chi connectivity index (χ0n) is 20.1. The number of unbranched alkanes of at least 4 members (excludes halogenated alkanes) is 1. The van der Waals surface area contributed by atoms with E-state index >= 15 is 0 Å². The molecule has 1 fully saturated rings. The highest BCUT2D eigenvalue weighted by Crippen LogP contribution is 2.41. The van der Waals surface area contributed by atoms with Crippen molar-refractivity contribution in [2.75, 3.05) is 20.2 Å². The number of ether oxygens (including phenoxy) is 1. The van der Waals surface area contributed by atoms with Gasteiger partial charge in [0.15, 0.2) is 0 Å². The molecule has 8 nitrogen and oxygen atoms in total. The Morgan fingerprint density at radius 2 is 1.97 bits per heavy atom. The molecule has 182 valence electrons. The Balaban J connectivity index is 1.60. The first-order chi connectivity index (χ1) is 16.9. The van der Waals surface area contributed by atoms with E-state index in [9.17, 15) is 9.59 Å². The average molecular weight is 475 g/mol. The van der Waals surface area contributed by atoms with Crippen molar-refractivity contribution in [2.45, 2.75) is 38.8 Å². The number of imide groups is 1. The number of amides is 3. The molecule has 0 saturated carbocycles. The number of hydroxylamine groups is 1. The number of rotatable bonds is 8. The molecule has 2 aliphatic rings. The number of hydrogen-bond donors (Lipinski definition) is 2. The molecule has 2 N–H and O–H groups in total. The van der Waals surface area contributed by atoms with Crippen LogP contribution in [0.25, 0.3) is 16.6 Å². The fourth-order valence-corrected chi connectivity index (χ4v) is 5.08. The highest BCUT2D eigenvalue weighted by molar-refractivity contribution is 6.04. The zero-order valence-corrected chi connectivity index (χ0v) is 20.1. The number of benzene rings is 2. The number of aromatic nitrogens is 1. The highest BCUT2D eigenvalue weighted by Gasteiger charge is 2.44. The maximum atomic E-state index is 13.1. The number of carbonyl (C=O) groups excluding carboxylic acids is 2. The van der Waals surface area contributed by atoms with Crippen molar-refractivity contribution in [3.05, 3.63) is 71.4 Å². The summed E-state index contributed by atoms with van der Waals surface area (Å²) in [6, 6.07) is 13.6. The van der Waals surface area contributed by atoms with E-state index in [4.69, 9.17) is 9.94 Å². The van der Waals surface area contributed by atoms with E-state index in [0.717, 1.165) is 51.9 Å². The Morgan fingerprint density at radius 3 is 2.69 bits per heavy atom. The molecule has 3 aromatic rings. The molecule has 3 amide bonds. The maximum Gasteiger partial charge on any atom is 0.326 e. The van der Waals surface area contributed by atoms with Crippen molar-refractivity contribution in [1.29, 1.82) is 0 Å². The second kappa shape index (κ2) is 9.11. The highest BCUT2D eigenvalue weighted by atomic mass is 16.5. The molecule has 8 heteroatoms. The molecule has 2 aliphatic heterocycles. The van der Waals surface area contributed by atoms with E-state index in [0.29, 0.717) is 31.9 Å². The Labute approximate surface area is 204 Å². The van der Waals surface area contributed by atoms with E-state index < -0.39 is 5.92 Å². The summed E-state index contributed by atoms with van der Waals surface area (Å²) in [6.07, 6.45) is 2.04. The van der Waals surface area contributed by atoms with Gasteiger partial charge in [0.05, 0.1) is 24.8 Å². The van der Waals surface area contributed by atoms with Crippen LogP contribution in [0.3, 0.4) is 0 Å². The van der Waals surface area contributed by atoms with Crippen LogP contribution in [0.4, 0.5) is 4.79 Å². The van der Waals surface area contributed by atoms with E-state index in [1.165, 1.54) is 4.90 Å². The van der Waals surface area contributed by atoms with Crippen molar-refractivity contribution < 1.29 is 19.5 Å². The van der Waals surface area contributed by atoms with Crippen LogP contribution in [0.1, 0.15) is 48.1 Å². The largest absolute Gasteiger partial charge is 0.494 e. The van der Waals surface area contributed by atoms with E-state index in [-0.39, 0.29) is 11.9 Å². The predicted octanol–water partition coefficient (Wildman–Crippen LogP) is 4.31. The number of nitrogens with one attached hydrogen (secondary N) is 1. The normalized spacial score (nSPS) is 17.1. The summed E-state index contributed by atoms with van der Waals surface area (Å²) in [4.78, 5) is 28.9. The molecule has 2 aromatic carbocycles. The minimum absolute atomic E-state index is 0.164. The third-order valence-electron chi connectivity index (χ3n) is 7.01. The van der Waals surface area contributed by atoms with Crippen LogP contribution in [-0.4, -0.2) is 51.7 Å². The Bertz CT molecular complexity index is 1310. The quantitative estimate of drug-likeness (QED) is 0.375. The molecule has 0 radical (unpaired) electrons. The number of nitrogens with zero attached hydrogens (tertiary/aromatic N) is 3. The van der Waals surface area contributed by atoms with Crippen LogP contribution in [-0.2, 0) is 17.9 Å². The van der Waals surface area contributed by atoms with Crippen LogP contribution in [0.15, 0.2) is 49.0 Å². The lowest BCUT2D eigenvalue weighted by atomic mass is 9.89. The van der Waals surface area contributed by atoms with Crippen molar-refractivity contribution in [3.8, 4) is 5.75 Å². The minimum atomic E-state index is -0.391. The van der Waals surface area contributed by atoms with Gasteiger partial charge in [-0.2, -0.15) is 0 Å². The summed E-state index contributed by atoms with van der Waals surface area (Å²) in [5.41, 5.74) is 7.37. The molecule has 2 bridgehead atoms. The van der Waals surface area contributed by atoms with Gasteiger partial charge < -0.3 is 14.2 Å². The van der Waals surface area contributed by atoms with Gasteiger partial charge in [0.25, 0.3) is 0 Å². The maximum absolute atomic E-state index is 13.1. The topological polar surface area (TPSA) is 87.0 Å². The molecule has 0 spiro atoms. The Kier molecular flexibility index (Phi) is 5.98. The fourth-order valence-electron chi connectivity index (χ4n) is 5.08. The molecule has 1 atom stereocenters. The smallest absolute Gasteiger partial charge is 0.326 e. The Hall–Kier alpha value is -3.78. The second-order valence-electron chi connectivity index (χ2n) is 9.23. The van der Waals surface area contributed by atoms with Crippen LogP contribution in [0.2, 0.25) is 0 Å². The van der Waals surface area contributed by atoms with Crippen LogP contribution < -0.4 is 10.2 Å². The van der Waals surface area contributed by atoms with Gasteiger partial charge in [0.1, 0.15) is 5.75 Å². The molecule has 35 heavy (non-hydrogen) atoms. The minimum Gasteiger partial charge on any atom is -0.494 e. The lowest BCUT2D eigenvalue weighted by molar-refractivity contribution is -0.132. The molecule has 3 heterocycles. The Morgan fingerprint density at radius 1 is 1.20 bits per heavy atom. The SMILES string of the molecule is C=C(NO)c1ccc(Cn2c3c(c4cc(OCCCC)ccc42)C2CN(C3)C(=O)N(C)C2=O)cc1. The van der Waals surface area contributed by atoms with E-state index in [2.05, 4.69) is 29.6 Å². The van der Waals surface area contributed by atoms with E-state index in [1.54, 1.807) is 11.9 Å². The summed E-state index contributed by atoms with van der Waals surface area (Å²) >= 11 is 0. The van der Waals surface area contributed by atoms with Crippen LogP contribution >= 0.6 is 0 Å². The van der Waals surface area contributed by atoms with Gasteiger partial charge in [-0.3, -0.25) is 20.4 Å². The molecular formula is C27H30N4O4. The zero-order chi connectivity index (χ0) is 24.7. The number of urea groups is 1. The second-order valence-corrected chi connectivity index (χ2v) is 9.23. The van der Waals surface area contributed by atoms with Gasteiger partial charge in [0.2, 0.25) is 5.91 Å². The summed E-state index contributed by atoms with van der Waals surface area (Å²) in [5.74, 6) is 0.237. The average Bonchev–Trinajstić information content (AvgIpc) is 3.18. The molecule has 5 rings (SSSR count). The molecule has 1 saturated heterocycles. The third kappa shape index (κ3) is 3.93. The summed E-state index contributed by atoms with van der Waals surface area (Å²) < 4.78 is 8.19. The van der Waals surface area contributed by atoms with E-state index in [1.807, 2.05) is 36.4 Å². The van der Waals surface area contributed by atoms with Gasteiger partial charge >= 0.3 is 6.03 Å². The number of fused-ring (bicyclic) bond motifs is 6. The van der Waals surface area contributed by atoms with Crippen LogP contribution in [0, 0.1) is 0 Å². The number of carbonyl (C=O) groups is 2. The van der Waals surface area contributed by atoms with Crippen molar-refractivity contribution in [2.24, 2.45) is 0 Å².